The molecule has 48 valence electrons. The van der Waals surface area contributed by atoms with E-state index in [0.717, 1.165) is 0 Å². The Bertz CT molecular complexity index is 161. The van der Waals surface area contributed by atoms with Gasteiger partial charge in [0.05, 0.1) is 0 Å². The van der Waals surface area contributed by atoms with Crippen LogP contribution in [0.2, 0.25) is 0 Å². The molecule has 0 atom stereocenters. The Morgan fingerprint density at radius 1 is 0.889 bits per heavy atom. The van der Waals surface area contributed by atoms with Crippen molar-refractivity contribution in [3.8, 4) is 0 Å². The molecule has 0 aliphatic rings. The monoisotopic (exact) mass is 316 g/mol. The first-order chi connectivity index (χ1) is 3.80. The number of rotatable bonds is 0. The average molecular weight is 315 g/mol. The molecule has 0 fully saturated rings. The molecule has 0 nitrogen and oxygen atoms in total. The first-order valence-corrected chi connectivity index (χ1v) is 2.83. The third-order valence-corrected chi connectivity index (χ3v) is 1.43. The molecule has 0 saturated carbocycles. The molecule has 0 saturated heterocycles. The van der Waals surface area contributed by atoms with E-state index in [1.54, 1.807) is 0 Å². The molecule has 0 amide bonds. The van der Waals surface area contributed by atoms with Crippen LogP contribution in [-0.4, -0.2) is 27.3 Å². The summed E-state index contributed by atoms with van der Waals surface area (Å²) in [5, 5.41) is 0. The van der Waals surface area contributed by atoms with Crippen LogP contribution in [0.5, 0.6) is 0 Å². The van der Waals surface area contributed by atoms with Gasteiger partial charge in [0.1, 0.15) is 0 Å². The molecule has 0 bridgehead atoms. The van der Waals surface area contributed by atoms with Gasteiger partial charge in [0.25, 0.3) is 0 Å². The Kier molecular flexibility index (Phi) is 4.10. The molecule has 0 aliphatic carbocycles. The molecule has 0 unspecified atom stereocenters. The predicted molar refractivity (Wildman–Crippen MR) is 44.5 cm³/mol. The summed E-state index contributed by atoms with van der Waals surface area (Å²) in [7, 11) is 0. The van der Waals surface area contributed by atoms with Gasteiger partial charge in [0.15, 0.2) is 0 Å². The Morgan fingerprint density at radius 2 is 1.22 bits per heavy atom. The quantitative estimate of drug-likeness (QED) is 0.635. The summed E-state index contributed by atoms with van der Waals surface area (Å²) >= 11 is 0. The fraction of sp³-hybridized carbons (Fsp3) is 0.250. The molecule has 1 aromatic carbocycles. The van der Waals surface area contributed by atoms with Crippen molar-refractivity contribution in [2.24, 2.45) is 0 Å². The zero-order chi connectivity index (χ0) is 5.98. The Balaban J connectivity index is 0.000000640. The third-order valence-electron chi connectivity index (χ3n) is 1.43. The van der Waals surface area contributed by atoms with Crippen LogP contribution in [-0.2, 0) is 0 Å². The summed E-state index contributed by atoms with van der Waals surface area (Å²) in [5.41, 5.74) is 2.74. The molecular weight excluding hydrogens is 303 g/mol. The van der Waals surface area contributed by atoms with E-state index in [4.69, 9.17) is 0 Å². The number of aryl methyl sites for hydroxylation is 2. The van der Waals surface area contributed by atoms with E-state index in [9.17, 15) is 0 Å². The van der Waals surface area contributed by atoms with Gasteiger partial charge in [-0.05, 0) is 25.0 Å². The molecule has 1 aromatic rings. The van der Waals surface area contributed by atoms with Crippen molar-refractivity contribution in [1.29, 1.82) is 0 Å². The van der Waals surface area contributed by atoms with Crippen LogP contribution in [0, 0.1) is 13.8 Å². The molecule has 0 N–H and O–H groups in total. The zero-order valence-corrected chi connectivity index (χ0v) is 11.5. The van der Waals surface area contributed by atoms with Crippen LogP contribution >= 0.6 is 0 Å². The number of benzene rings is 1. The van der Waals surface area contributed by atoms with Gasteiger partial charge in [-0.1, -0.05) is 24.3 Å². The molecular formula is C8H12Pb. The second-order valence-electron chi connectivity index (χ2n) is 2.08. The van der Waals surface area contributed by atoms with Gasteiger partial charge in [-0.15, -0.1) is 0 Å². The predicted octanol–water partition coefficient (Wildman–Crippen LogP) is 1.39. The third kappa shape index (κ3) is 2.47. The van der Waals surface area contributed by atoms with E-state index in [0.29, 0.717) is 0 Å². The number of hydrogen-bond donors (Lipinski definition) is 0. The Labute approximate surface area is 76.4 Å². The van der Waals surface area contributed by atoms with E-state index in [2.05, 4.69) is 38.1 Å². The summed E-state index contributed by atoms with van der Waals surface area (Å²) in [6.45, 7) is 4.24. The van der Waals surface area contributed by atoms with Crippen molar-refractivity contribution in [3.05, 3.63) is 35.4 Å². The van der Waals surface area contributed by atoms with Gasteiger partial charge in [-0.25, -0.2) is 0 Å². The maximum atomic E-state index is 2.12. The van der Waals surface area contributed by atoms with Gasteiger partial charge in [0.2, 0.25) is 0 Å². The first kappa shape index (κ1) is 9.14. The molecule has 0 heterocycles. The Hall–Kier alpha value is 0.142. The standard InChI is InChI=1S/C8H10.Pb.2H/c1-7-5-3-4-6-8(7)2;;;/h3-6H,1-2H3;;;. The van der Waals surface area contributed by atoms with Crippen molar-refractivity contribution >= 4 is 27.3 Å². The average Bonchev–Trinajstić information content (AvgIpc) is 1.77. The van der Waals surface area contributed by atoms with Crippen LogP contribution in [0.15, 0.2) is 24.3 Å². The second-order valence-corrected chi connectivity index (χ2v) is 2.08. The zero-order valence-electron chi connectivity index (χ0n) is 6.02. The van der Waals surface area contributed by atoms with E-state index in [-0.39, 0.29) is 27.3 Å². The normalized spacial score (nSPS) is 8.22. The molecule has 1 rings (SSSR count). The van der Waals surface area contributed by atoms with Crippen LogP contribution in [0.25, 0.3) is 0 Å². The number of hydrogen-bond acceptors (Lipinski definition) is 0. The fourth-order valence-electron chi connectivity index (χ4n) is 0.663. The van der Waals surface area contributed by atoms with Crippen molar-refractivity contribution in [3.63, 3.8) is 0 Å². The molecule has 0 aromatic heterocycles. The maximum absolute atomic E-state index is 2.12. The molecule has 0 aliphatic heterocycles. The summed E-state index contributed by atoms with van der Waals surface area (Å²) in [5.74, 6) is 0. The Morgan fingerprint density at radius 3 is 1.44 bits per heavy atom. The minimum atomic E-state index is 0. The van der Waals surface area contributed by atoms with Crippen LogP contribution in [0.3, 0.4) is 0 Å². The van der Waals surface area contributed by atoms with Crippen LogP contribution in [0.1, 0.15) is 11.1 Å². The second kappa shape index (κ2) is 4.04. The molecule has 0 spiro atoms. The van der Waals surface area contributed by atoms with Crippen molar-refractivity contribution in [2.45, 2.75) is 13.8 Å². The van der Waals surface area contributed by atoms with Crippen molar-refractivity contribution in [2.75, 3.05) is 0 Å². The van der Waals surface area contributed by atoms with Crippen molar-refractivity contribution < 1.29 is 0 Å². The summed E-state index contributed by atoms with van der Waals surface area (Å²) < 4.78 is 0. The van der Waals surface area contributed by atoms with E-state index in [1.165, 1.54) is 11.1 Å². The summed E-state index contributed by atoms with van der Waals surface area (Å²) in [4.78, 5) is 0. The summed E-state index contributed by atoms with van der Waals surface area (Å²) in [6.07, 6.45) is 0. The van der Waals surface area contributed by atoms with Gasteiger partial charge < -0.3 is 0 Å². The van der Waals surface area contributed by atoms with Crippen molar-refractivity contribution in [1.82, 2.24) is 0 Å². The van der Waals surface area contributed by atoms with Gasteiger partial charge in [-0.3, -0.25) is 0 Å². The molecule has 2 radical (unpaired) electrons. The van der Waals surface area contributed by atoms with E-state index in [1.807, 2.05) is 0 Å². The summed E-state index contributed by atoms with van der Waals surface area (Å²) in [6, 6.07) is 8.36. The van der Waals surface area contributed by atoms with Crippen LogP contribution in [0.4, 0.5) is 0 Å². The molecule has 1 heteroatoms. The SMILES string of the molecule is Cc1ccccc1C.[PbH2]. The van der Waals surface area contributed by atoms with Gasteiger partial charge in [-0.2, -0.15) is 0 Å². The van der Waals surface area contributed by atoms with Gasteiger partial charge >= 0.3 is 27.3 Å². The van der Waals surface area contributed by atoms with Crippen LogP contribution < -0.4 is 0 Å². The fourth-order valence-corrected chi connectivity index (χ4v) is 0.663. The first-order valence-electron chi connectivity index (χ1n) is 2.83. The van der Waals surface area contributed by atoms with E-state index < -0.39 is 0 Å². The minimum absolute atomic E-state index is 0. The van der Waals surface area contributed by atoms with Gasteiger partial charge in [0, 0.05) is 0 Å². The van der Waals surface area contributed by atoms with E-state index >= 15 is 0 Å². The topological polar surface area (TPSA) is 0 Å². The molecule has 9 heavy (non-hydrogen) atoms.